The highest BCUT2D eigenvalue weighted by Crippen LogP contribution is 2.23. The Balaban J connectivity index is 2.13. The van der Waals surface area contributed by atoms with E-state index in [2.05, 4.69) is 30.2 Å². The van der Waals surface area contributed by atoms with E-state index in [9.17, 15) is 0 Å². The van der Waals surface area contributed by atoms with Crippen molar-refractivity contribution in [3.63, 3.8) is 0 Å². The molecule has 0 amide bonds. The summed E-state index contributed by atoms with van der Waals surface area (Å²) in [6.07, 6.45) is 4.90. The van der Waals surface area contributed by atoms with Gasteiger partial charge in [0.25, 0.3) is 0 Å². The van der Waals surface area contributed by atoms with Crippen molar-refractivity contribution in [2.24, 2.45) is 0 Å². The van der Waals surface area contributed by atoms with Crippen LogP contribution in [0.25, 0.3) is 11.5 Å². The van der Waals surface area contributed by atoms with Crippen molar-refractivity contribution < 1.29 is 0 Å². The second-order valence-corrected chi connectivity index (χ2v) is 5.26. The van der Waals surface area contributed by atoms with Gasteiger partial charge < -0.3 is 5.32 Å². The first-order valence-electron chi connectivity index (χ1n) is 7.31. The quantitative estimate of drug-likeness (QED) is 0.929. The molecule has 0 fully saturated rings. The fourth-order valence-electron chi connectivity index (χ4n) is 2.68. The standard InChI is InChI=1S/C16H20N4/c1-3-5-13-12-10-17-9-7-14(12)20-16(19-13)15-11(2)6-4-8-18-15/h4,6,8,17H,3,5,7,9-10H2,1-2H3. The molecule has 1 aliphatic heterocycles. The first-order chi connectivity index (χ1) is 9.79. The average molecular weight is 268 g/mol. The van der Waals surface area contributed by atoms with Crippen LogP contribution in [0.3, 0.4) is 0 Å². The molecule has 0 saturated carbocycles. The van der Waals surface area contributed by atoms with Crippen LogP contribution in [0.1, 0.15) is 35.9 Å². The lowest BCUT2D eigenvalue weighted by molar-refractivity contribution is 0.615. The lowest BCUT2D eigenvalue weighted by Gasteiger charge is -2.20. The summed E-state index contributed by atoms with van der Waals surface area (Å²) in [5.74, 6) is 0.784. The van der Waals surface area contributed by atoms with E-state index in [1.54, 1.807) is 0 Å². The van der Waals surface area contributed by atoms with Crippen LogP contribution in [0, 0.1) is 6.92 Å². The summed E-state index contributed by atoms with van der Waals surface area (Å²) in [6, 6.07) is 4.01. The van der Waals surface area contributed by atoms with Crippen LogP contribution in [0.15, 0.2) is 18.3 Å². The third-order valence-corrected chi connectivity index (χ3v) is 3.73. The molecule has 2 aromatic heterocycles. The summed E-state index contributed by atoms with van der Waals surface area (Å²) in [4.78, 5) is 14.0. The molecule has 0 aliphatic carbocycles. The van der Waals surface area contributed by atoms with E-state index in [1.165, 1.54) is 17.0 Å². The van der Waals surface area contributed by atoms with Crippen molar-refractivity contribution in [3.05, 3.63) is 40.8 Å². The van der Waals surface area contributed by atoms with Crippen LogP contribution in [0.4, 0.5) is 0 Å². The molecule has 1 aliphatic rings. The van der Waals surface area contributed by atoms with Gasteiger partial charge in [-0.25, -0.2) is 9.97 Å². The average Bonchev–Trinajstić information content (AvgIpc) is 2.48. The van der Waals surface area contributed by atoms with Gasteiger partial charge in [0.1, 0.15) is 5.69 Å². The van der Waals surface area contributed by atoms with Crippen LogP contribution in [-0.4, -0.2) is 21.5 Å². The first kappa shape index (κ1) is 13.2. The molecule has 0 spiro atoms. The largest absolute Gasteiger partial charge is 0.312 e. The molecule has 0 radical (unpaired) electrons. The first-order valence-corrected chi connectivity index (χ1v) is 7.31. The molecule has 1 N–H and O–H groups in total. The van der Waals surface area contributed by atoms with Crippen LogP contribution < -0.4 is 5.32 Å². The highest BCUT2D eigenvalue weighted by Gasteiger charge is 2.18. The second kappa shape index (κ2) is 5.67. The monoisotopic (exact) mass is 268 g/mol. The predicted octanol–water partition coefficient (Wildman–Crippen LogP) is 2.45. The Hall–Kier alpha value is -1.81. The van der Waals surface area contributed by atoms with Gasteiger partial charge >= 0.3 is 0 Å². The third kappa shape index (κ3) is 2.43. The Morgan fingerprint density at radius 3 is 3.00 bits per heavy atom. The number of hydrogen-bond acceptors (Lipinski definition) is 4. The number of nitrogens with zero attached hydrogens (tertiary/aromatic N) is 3. The number of fused-ring (bicyclic) bond motifs is 1. The normalized spacial score (nSPS) is 14.1. The van der Waals surface area contributed by atoms with Gasteiger partial charge in [0.15, 0.2) is 5.82 Å². The third-order valence-electron chi connectivity index (χ3n) is 3.73. The Morgan fingerprint density at radius 2 is 2.20 bits per heavy atom. The minimum atomic E-state index is 0.784. The molecule has 4 heteroatoms. The maximum atomic E-state index is 4.79. The molecule has 0 unspecified atom stereocenters. The summed E-state index contributed by atoms with van der Waals surface area (Å²) in [5.41, 5.74) is 5.72. The van der Waals surface area contributed by atoms with E-state index in [0.29, 0.717) is 0 Å². The van der Waals surface area contributed by atoms with Crippen molar-refractivity contribution >= 4 is 0 Å². The summed E-state index contributed by atoms with van der Waals surface area (Å²) >= 11 is 0. The van der Waals surface area contributed by atoms with Crippen LogP contribution >= 0.6 is 0 Å². The highest BCUT2D eigenvalue weighted by molar-refractivity contribution is 5.55. The van der Waals surface area contributed by atoms with Crippen LogP contribution in [-0.2, 0) is 19.4 Å². The van der Waals surface area contributed by atoms with Gasteiger partial charge in [0, 0.05) is 37.0 Å². The van der Waals surface area contributed by atoms with E-state index >= 15 is 0 Å². The minimum absolute atomic E-state index is 0.784. The lowest BCUT2D eigenvalue weighted by Crippen LogP contribution is -2.27. The molecule has 3 heterocycles. The molecular weight excluding hydrogens is 248 g/mol. The van der Waals surface area contributed by atoms with Gasteiger partial charge in [0.05, 0.1) is 5.69 Å². The Labute approximate surface area is 119 Å². The number of aromatic nitrogens is 3. The van der Waals surface area contributed by atoms with Gasteiger partial charge in [-0.05, 0) is 25.0 Å². The van der Waals surface area contributed by atoms with Gasteiger partial charge in [0.2, 0.25) is 0 Å². The fraction of sp³-hybridized carbons (Fsp3) is 0.438. The molecular formula is C16H20N4. The van der Waals surface area contributed by atoms with E-state index < -0.39 is 0 Å². The Morgan fingerprint density at radius 1 is 1.30 bits per heavy atom. The molecule has 0 aromatic carbocycles. The van der Waals surface area contributed by atoms with E-state index in [1.807, 2.05) is 12.3 Å². The SMILES string of the molecule is CCCc1nc(-c2ncccc2C)nc2c1CNCC2. The molecule has 20 heavy (non-hydrogen) atoms. The van der Waals surface area contributed by atoms with Crippen molar-refractivity contribution in [2.75, 3.05) is 6.54 Å². The number of rotatable bonds is 3. The zero-order valence-electron chi connectivity index (χ0n) is 12.1. The lowest BCUT2D eigenvalue weighted by atomic mass is 10.0. The second-order valence-electron chi connectivity index (χ2n) is 5.26. The Kier molecular flexibility index (Phi) is 3.74. The van der Waals surface area contributed by atoms with Crippen LogP contribution in [0.5, 0.6) is 0 Å². The van der Waals surface area contributed by atoms with Crippen LogP contribution in [0.2, 0.25) is 0 Å². The smallest absolute Gasteiger partial charge is 0.178 e. The van der Waals surface area contributed by atoms with Crippen molar-refractivity contribution in [2.45, 2.75) is 39.7 Å². The number of nitrogens with one attached hydrogen (secondary N) is 1. The van der Waals surface area contributed by atoms with Crippen molar-refractivity contribution in [1.29, 1.82) is 0 Å². The maximum Gasteiger partial charge on any atom is 0.178 e. The van der Waals surface area contributed by atoms with Gasteiger partial charge in [-0.3, -0.25) is 4.98 Å². The zero-order valence-corrected chi connectivity index (χ0v) is 12.1. The van der Waals surface area contributed by atoms with Gasteiger partial charge in [-0.2, -0.15) is 0 Å². The molecule has 0 bridgehead atoms. The predicted molar refractivity (Wildman–Crippen MR) is 79.4 cm³/mol. The summed E-state index contributed by atoms with van der Waals surface area (Å²) in [5, 5.41) is 3.41. The minimum Gasteiger partial charge on any atom is -0.312 e. The molecule has 2 aromatic rings. The molecule has 4 nitrogen and oxygen atoms in total. The highest BCUT2D eigenvalue weighted by atomic mass is 15.0. The Bertz CT molecular complexity index is 622. The zero-order chi connectivity index (χ0) is 13.9. The maximum absolute atomic E-state index is 4.79. The van der Waals surface area contributed by atoms with Crippen molar-refractivity contribution in [3.8, 4) is 11.5 Å². The molecule has 104 valence electrons. The van der Waals surface area contributed by atoms with Crippen molar-refractivity contribution in [1.82, 2.24) is 20.3 Å². The molecule has 0 saturated heterocycles. The topological polar surface area (TPSA) is 50.7 Å². The summed E-state index contributed by atoms with van der Waals surface area (Å²) in [6.45, 7) is 6.14. The number of pyridine rings is 1. The number of aryl methyl sites for hydroxylation is 2. The van der Waals surface area contributed by atoms with E-state index in [4.69, 9.17) is 9.97 Å². The molecule has 0 atom stereocenters. The van der Waals surface area contributed by atoms with E-state index in [-0.39, 0.29) is 0 Å². The molecule has 3 rings (SSSR count). The summed E-state index contributed by atoms with van der Waals surface area (Å²) < 4.78 is 0. The van der Waals surface area contributed by atoms with Gasteiger partial charge in [-0.1, -0.05) is 19.4 Å². The number of hydrogen-bond donors (Lipinski definition) is 1. The summed E-state index contributed by atoms with van der Waals surface area (Å²) in [7, 11) is 0. The fourth-order valence-corrected chi connectivity index (χ4v) is 2.68. The van der Waals surface area contributed by atoms with Gasteiger partial charge in [-0.15, -0.1) is 0 Å². The van der Waals surface area contributed by atoms with E-state index in [0.717, 1.165) is 49.4 Å².